The molecule has 3 rings (SSSR count). The van der Waals surface area contributed by atoms with Gasteiger partial charge in [0.25, 0.3) is 0 Å². The first-order valence-corrected chi connectivity index (χ1v) is 11.0. The van der Waals surface area contributed by atoms with Gasteiger partial charge in [0.05, 0.1) is 4.92 Å². The van der Waals surface area contributed by atoms with Crippen molar-refractivity contribution in [1.29, 1.82) is 0 Å². The Kier molecular flexibility index (Phi) is 5.45. The van der Waals surface area contributed by atoms with Gasteiger partial charge < -0.3 is 4.90 Å². The molecule has 0 atom stereocenters. The molecule has 0 bridgehead atoms. The minimum Gasteiger partial charge on any atom is -0.363 e. The number of rotatable bonds is 5. The predicted octanol–water partition coefficient (Wildman–Crippen LogP) is 3.10. The molecule has 1 aliphatic heterocycles. The molecule has 7 nitrogen and oxygen atoms in total. The number of nitro benzene ring substituents is 1. The quantitative estimate of drug-likeness (QED) is 0.563. The molecule has 0 saturated carbocycles. The van der Waals surface area contributed by atoms with E-state index < -0.39 is 14.8 Å². The van der Waals surface area contributed by atoms with Crippen molar-refractivity contribution in [3.8, 4) is 0 Å². The first-order valence-electron chi connectivity index (χ1n) is 9.11. The Morgan fingerprint density at radius 1 is 1.07 bits per heavy atom. The van der Waals surface area contributed by atoms with E-state index in [4.69, 9.17) is 0 Å². The van der Waals surface area contributed by atoms with Gasteiger partial charge in [0, 0.05) is 38.0 Å². The number of nitro groups is 1. The molecule has 0 aromatic heterocycles. The van der Waals surface area contributed by atoms with E-state index >= 15 is 0 Å². The van der Waals surface area contributed by atoms with Crippen LogP contribution < -0.4 is 4.90 Å². The van der Waals surface area contributed by atoms with Gasteiger partial charge in [-0.1, -0.05) is 36.4 Å². The highest BCUT2D eigenvalue weighted by Gasteiger charge is 2.37. The van der Waals surface area contributed by atoms with Gasteiger partial charge in [-0.25, -0.2) is 8.42 Å². The van der Waals surface area contributed by atoms with Crippen LogP contribution in [0.3, 0.4) is 0 Å². The number of hydrogen-bond donors (Lipinski definition) is 0. The topological polar surface area (TPSA) is 83.8 Å². The molecule has 0 spiro atoms. The fourth-order valence-electron chi connectivity index (χ4n) is 3.74. The third-order valence-electron chi connectivity index (χ3n) is 5.19. The minimum absolute atomic E-state index is 0.233. The van der Waals surface area contributed by atoms with Crippen LogP contribution in [0, 0.1) is 10.1 Å². The van der Waals surface area contributed by atoms with Crippen molar-refractivity contribution in [3.05, 3.63) is 64.2 Å². The Labute approximate surface area is 165 Å². The van der Waals surface area contributed by atoms with Gasteiger partial charge in [-0.05, 0) is 31.5 Å². The number of anilines is 1. The Morgan fingerprint density at radius 2 is 1.75 bits per heavy atom. The maximum Gasteiger partial charge on any atom is 0.311 e. The third-order valence-corrected chi connectivity index (χ3v) is 6.32. The first-order chi connectivity index (χ1) is 13.1. The second-order valence-electron chi connectivity index (χ2n) is 7.79. The molecule has 0 aliphatic carbocycles. The van der Waals surface area contributed by atoms with Gasteiger partial charge in [0.15, 0.2) is 9.84 Å². The first kappa shape index (κ1) is 20.3. The lowest BCUT2D eigenvalue weighted by Crippen LogP contribution is -2.59. The number of hydrogen-bond acceptors (Lipinski definition) is 6. The van der Waals surface area contributed by atoms with Crippen molar-refractivity contribution in [2.45, 2.75) is 30.8 Å². The van der Waals surface area contributed by atoms with Crippen LogP contribution in [0.4, 0.5) is 11.4 Å². The van der Waals surface area contributed by atoms with Crippen molar-refractivity contribution in [2.24, 2.45) is 0 Å². The normalized spacial score (nSPS) is 17.5. The zero-order chi connectivity index (χ0) is 20.5. The second-order valence-corrected chi connectivity index (χ2v) is 9.78. The van der Waals surface area contributed by atoms with Gasteiger partial charge in [-0.15, -0.1) is 0 Å². The van der Waals surface area contributed by atoms with Crippen molar-refractivity contribution in [1.82, 2.24) is 4.90 Å². The summed E-state index contributed by atoms with van der Waals surface area (Å²) in [5.41, 5.74) is 1.01. The van der Waals surface area contributed by atoms with Crippen LogP contribution >= 0.6 is 0 Å². The molecule has 1 fully saturated rings. The van der Waals surface area contributed by atoms with Crippen molar-refractivity contribution < 1.29 is 13.3 Å². The largest absolute Gasteiger partial charge is 0.363 e. The van der Waals surface area contributed by atoms with Gasteiger partial charge >= 0.3 is 5.69 Å². The summed E-state index contributed by atoms with van der Waals surface area (Å²) < 4.78 is 24.1. The molecule has 2 aromatic rings. The summed E-state index contributed by atoms with van der Waals surface area (Å²) in [6.45, 7) is 6.89. The molecule has 1 aliphatic rings. The lowest BCUT2D eigenvalue weighted by atomic mass is 9.97. The third kappa shape index (κ3) is 4.18. The van der Waals surface area contributed by atoms with E-state index in [1.54, 1.807) is 12.1 Å². The second kappa shape index (κ2) is 7.52. The molecule has 0 unspecified atom stereocenters. The monoisotopic (exact) mass is 403 g/mol. The van der Waals surface area contributed by atoms with E-state index in [1.807, 2.05) is 23.1 Å². The van der Waals surface area contributed by atoms with Gasteiger partial charge in [0.2, 0.25) is 0 Å². The van der Waals surface area contributed by atoms with Crippen LogP contribution in [0.1, 0.15) is 19.4 Å². The molecule has 1 saturated heterocycles. The summed E-state index contributed by atoms with van der Waals surface area (Å²) in [5, 5.41) is 11.7. The lowest BCUT2D eigenvalue weighted by Gasteiger charge is -2.48. The Hall–Kier alpha value is -2.45. The van der Waals surface area contributed by atoms with E-state index in [0.717, 1.165) is 19.3 Å². The van der Waals surface area contributed by atoms with Crippen molar-refractivity contribution in [3.63, 3.8) is 0 Å². The zero-order valence-corrected chi connectivity index (χ0v) is 17.1. The van der Waals surface area contributed by atoms with Crippen LogP contribution in [-0.2, 0) is 16.4 Å². The molecule has 0 amide bonds. The number of benzene rings is 2. The maximum atomic E-state index is 12.0. The van der Waals surface area contributed by atoms with E-state index in [2.05, 4.69) is 30.9 Å². The van der Waals surface area contributed by atoms with E-state index in [1.165, 1.54) is 11.6 Å². The summed E-state index contributed by atoms with van der Waals surface area (Å²) in [6.07, 6.45) is 1.00. The molecule has 0 N–H and O–H groups in total. The number of nitrogens with zero attached hydrogens (tertiary/aromatic N) is 3. The Morgan fingerprint density at radius 3 is 2.32 bits per heavy atom. The van der Waals surface area contributed by atoms with Crippen LogP contribution in [0.15, 0.2) is 53.4 Å². The minimum atomic E-state index is -3.70. The van der Waals surface area contributed by atoms with E-state index in [9.17, 15) is 18.5 Å². The average Bonchev–Trinajstić information content (AvgIpc) is 2.62. The molecular formula is C20H25N3O4S. The molecule has 150 valence electrons. The fraction of sp³-hybridized carbons (Fsp3) is 0.400. The fourth-order valence-corrected chi connectivity index (χ4v) is 4.60. The molecule has 1 heterocycles. The van der Waals surface area contributed by atoms with Crippen LogP contribution in [0.5, 0.6) is 0 Å². The molecule has 0 radical (unpaired) electrons. The average molecular weight is 404 g/mol. The van der Waals surface area contributed by atoms with Crippen molar-refractivity contribution in [2.75, 3.05) is 30.8 Å². The summed E-state index contributed by atoms with van der Waals surface area (Å²) in [6, 6.07) is 14.7. The number of piperazine rings is 1. The van der Waals surface area contributed by atoms with Gasteiger partial charge in [-0.2, -0.15) is 0 Å². The standard InChI is InChI=1S/C20H25N3O4S/c1-20(2)15-21(12-13-22(20)14-16-8-5-4-6-9-16)17-10-7-11-18(28(3,26)27)19(17)23(24)25/h4-11H,12-15H2,1-3H3. The molecular weight excluding hydrogens is 378 g/mol. The van der Waals surface area contributed by atoms with Crippen LogP contribution in [-0.4, -0.2) is 49.7 Å². The summed E-state index contributed by atoms with van der Waals surface area (Å²) in [7, 11) is -3.70. The van der Waals surface area contributed by atoms with Crippen LogP contribution in [0.25, 0.3) is 0 Å². The Balaban J connectivity index is 1.90. The van der Waals surface area contributed by atoms with Crippen LogP contribution in [0.2, 0.25) is 0 Å². The van der Waals surface area contributed by atoms with Gasteiger partial charge in [0.1, 0.15) is 10.6 Å². The highest BCUT2D eigenvalue weighted by atomic mass is 32.2. The lowest BCUT2D eigenvalue weighted by molar-refractivity contribution is -0.387. The summed E-state index contributed by atoms with van der Waals surface area (Å²) >= 11 is 0. The van der Waals surface area contributed by atoms with Crippen molar-refractivity contribution >= 4 is 21.2 Å². The summed E-state index contributed by atoms with van der Waals surface area (Å²) in [5.74, 6) is 0. The smallest absolute Gasteiger partial charge is 0.311 e. The summed E-state index contributed by atoms with van der Waals surface area (Å²) in [4.78, 5) is 15.2. The van der Waals surface area contributed by atoms with Gasteiger partial charge in [-0.3, -0.25) is 15.0 Å². The highest BCUT2D eigenvalue weighted by molar-refractivity contribution is 7.90. The molecule has 28 heavy (non-hydrogen) atoms. The number of sulfone groups is 1. The maximum absolute atomic E-state index is 12.0. The SMILES string of the molecule is CC1(C)CN(c2cccc(S(C)(=O)=O)c2[N+](=O)[O-])CCN1Cc1ccccc1. The predicted molar refractivity (Wildman–Crippen MR) is 109 cm³/mol. The zero-order valence-electron chi connectivity index (χ0n) is 16.3. The highest BCUT2D eigenvalue weighted by Crippen LogP contribution is 2.37. The Bertz CT molecular complexity index is 974. The molecule has 2 aromatic carbocycles. The molecule has 8 heteroatoms. The van der Waals surface area contributed by atoms with E-state index in [0.29, 0.717) is 18.8 Å². The number of para-hydroxylation sites is 1. The van der Waals surface area contributed by atoms with E-state index in [-0.39, 0.29) is 16.1 Å².